The minimum atomic E-state index is -0.335. The zero-order valence-corrected chi connectivity index (χ0v) is 16.3. The molecule has 6 nitrogen and oxygen atoms in total. The summed E-state index contributed by atoms with van der Waals surface area (Å²) in [7, 11) is 0. The molecular formula is C19H26ClFN4O2. The molecule has 1 aliphatic carbocycles. The van der Waals surface area contributed by atoms with E-state index >= 15 is 0 Å². The number of aliphatic imine (C=N–C) groups is 1. The molecule has 148 valence electrons. The van der Waals surface area contributed by atoms with Gasteiger partial charge in [0.25, 0.3) is 0 Å². The van der Waals surface area contributed by atoms with Crippen LogP contribution in [0.15, 0.2) is 23.2 Å². The predicted molar refractivity (Wildman–Crippen MR) is 104 cm³/mol. The number of benzene rings is 1. The lowest BCUT2D eigenvalue weighted by Crippen LogP contribution is -2.48. The second kappa shape index (κ2) is 8.33. The molecule has 0 bridgehead atoms. The number of ether oxygens (including phenoxy) is 1. The van der Waals surface area contributed by atoms with E-state index in [0.717, 1.165) is 31.2 Å². The van der Waals surface area contributed by atoms with Crippen LogP contribution in [-0.4, -0.2) is 49.2 Å². The summed E-state index contributed by atoms with van der Waals surface area (Å²) in [5.74, 6) is 0.0625. The number of nitrogens with two attached hydrogens (primary N) is 1. The van der Waals surface area contributed by atoms with E-state index in [2.05, 4.69) is 10.3 Å². The fourth-order valence-electron chi connectivity index (χ4n) is 3.50. The van der Waals surface area contributed by atoms with Crippen molar-refractivity contribution in [1.29, 1.82) is 0 Å². The summed E-state index contributed by atoms with van der Waals surface area (Å²) < 4.78 is 18.3. The first-order valence-electron chi connectivity index (χ1n) is 9.37. The molecule has 1 heterocycles. The zero-order chi connectivity index (χ0) is 19.4. The topological polar surface area (TPSA) is 80.0 Å². The molecule has 1 amide bonds. The lowest BCUT2D eigenvalue weighted by molar-refractivity contribution is 0.0963. The van der Waals surface area contributed by atoms with Gasteiger partial charge < -0.3 is 20.7 Å². The smallest absolute Gasteiger partial charge is 0.409 e. The monoisotopic (exact) mass is 396 g/mol. The predicted octanol–water partition coefficient (Wildman–Crippen LogP) is 3.04. The third kappa shape index (κ3) is 4.83. The highest BCUT2D eigenvalue weighted by Crippen LogP contribution is 2.50. The highest BCUT2D eigenvalue weighted by molar-refractivity contribution is 6.31. The van der Waals surface area contributed by atoms with Crippen LogP contribution in [0.4, 0.5) is 9.18 Å². The van der Waals surface area contributed by atoms with Crippen molar-refractivity contribution >= 4 is 23.7 Å². The van der Waals surface area contributed by atoms with Gasteiger partial charge in [-0.25, -0.2) is 9.18 Å². The maximum Gasteiger partial charge on any atom is 0.409 e. The maximum atomic E-state index is 13.3. The summed E-state index contributed by atoms with van der Waals surface area (Å²) >= 11 is 6.21. The second-order valence-electron chi connectivity index (χ2n) is 7.21. The van der Waals surface area contributed by atoms with Crippen LogP contribution in [0, 0.1) is 5.82 Å². The number of likely N-dealkylation sites (tertiary alicyclic amines) is 1. The van der Waals surface area contributed by atoms with Crippen molar-refractivity contribution in [2.75, 3.05) is 26.2 Å². The normalized spacial score (nSPS) is 19.7. The van der Waals surface area contributed by atoms with Gasteiger partial charge in [0.1, 0.15) is 5.82 Å². The molecule has 0 atom stereocenters. The molecule has 1 aromatic rings. The van der Waals surface area contributed by atoms with Crippen molar-refractivity contribution in [2.24, 2.45) is 10.7 Å². The van der Waals surface area contributed by atoms with Gasteiger partial charge >= 0.3 is 6.09 Å². The number of guanidine groups is 1. The first-order valence-corrected chi connectivity index (χ1v) is 9.75. The molecular weight excluding hydrogens is 371 g/mol. The van der Waals surface area contributed by atoms with Crippen molar-refractivity contribution in [3.63, 3.8) is 0 Å². The molecule has 0 radical (unpaired) electrons. The maximum absolute atomic E-state index is 13.3. The van der Waals surface area contributed by atoms with Crippen molar-refractivity contribution < 1.29 is 13.9 Å². The highest BCUT2D eigenvalue weighted by Gasteiger charge is 2.45. The van der Waals surface area contributed by atoms with Crippen LogP contribution in [0.3, 0.4) is 0 Å². The third-order valence-corrected chi connectivity index (χ3v) is 5.59. The number of piperidine rings is 1. The molecule has 1 aromatic carbocycles. The Morgan fingerprint density at radius 1 is 1.44 bits per heavy atom. The van der Waals surface area contributed by atoms with E-state index in [1.165, 1.54) is 12.1 Å². The molecule has 0 unspecified atom stereocenters. The van der Waals surface area contributed by atoms with Crippen LogP contribution in [0.1, 0.15) is 38.2 Å². The minimum absolute atomic E-state index is 0.135. The first kappa shape index (κ1) is 19.7. The zero-order valence-electron chi connectivity index (χ0n) is 15.5. The number of hydrogen-bond donors (Lipinski definition) is 2. The number of carbonyl (C=O) groups is 1. The number of halogens is 2. The number of amides is 1. The van der Waals surface area contributed by atoms with E-state index in [4.69, 9.17) is 22.1 Å². The molecule has 1 aliphatic heterocycles. The lowest BCUT2D eigenvalue weighted by atomic mass is 9.96. The van der Waals surface area contributed by atoms with Crippen LogP contribution in [0.2, 0.25) is 5.02 Å². The van der Waals surface area contributed by atoms with Crippen LogP contribution in [0.25, 0.3) is 0 Å². The Balaban J connectivity index is 1.51. The summed E-state index contributed by atoms with van der Waals surface area (Å²) in [4.78, 5) is 17.9. The van der Waals surface area contributed by atoms with Crippen LogP contribution in [0.5, 0.6) is 0 Å². The molecule has 27 heavy (non-hydrogen) atoms. The van der Waals surface area contributed by atoms with Gasteiger partial charge in [-0.3, -0.25) is 4.99 Å². The van der Waals surface area contributed by atoms with Gasteiger partial charge in [-0.1, -0.05) is 17.7 Å². The van der Waals surface area contributed by atoms with E-state index in [1.807, 2.05) is 0 Å². The molecule has 0 spiro atoms. The fourth-order valence-corrected chi connectivity index (χ4v) is 3.86. The molecule has 1 saturated heterocycles. The number of rotatable bonds is 5. The molecule has 3 rings (SSSR count). The Labute approximate surface area is 163 Å². The van der Waals surface area contributed by atoms with Gasteiger partial charge in [-0.2, -0.15) is 0 Å². The molecule has 3 N–H and O–H groups in total. The minimum Gasteiger partial charge on any atom is -0.450 e. The Morgan fingerprint density at radius 2 is 2.15 bits per heavy atom. The van der Waals surface area contributed by atoms with Crippen LogP contribution < -0.4 is 11.1 Å². The second-order valence-corrected chi connectivity index (χ2v) is 7.62. The summed E-state index contributed by atoms with van der Waals surface area (Å²) in [6.45, 7) is 3.99. The Bertz CT molecular complexity index is 716. The Kier molecular flexibility index (Phi) is 6.09. The fraction of sp³-hybridized carbons (Fsp3) is 0.579. The van der Waals surface area contributed by atoms with Gasteiger partial charge in [0.2, 0.25) is 0 Å². The van der Waals surface area contributed by atoms with E-state index in [0.29, 0.717) is 37.2 Å². The largest absolute Gasteiger partial charge is 0.450 e. The van der Waals surface area contributed by atoms with Crippen molar-refractivity contribution in [3.05, 3.63) is 34.6 Å². The Hall–Kier alpha value is -2.02. The standard InChI is InChI=1S/C19H26ClFN4O2/c1-2-27-18(26)25-9-5-14(6-10-25)24-17(22)23-12-19(7-8-19)15-4-3-13(21)11-16(15)20/h3-4,11,14H,2,5-10,12H2,1H3,(H3,22,23,24). The molecule has 1 saturated carbocycles. The van der Waals surface area contributed by atoms with Crippen LogP contribution in [-0.2, 0) is 10.2 Å². The summed E-state index contributed by atoms with van der Waals surface area (Å²) in [5, 5.41) is 3.69. The number of nitrogens with zero attached hydrogens (tertiary/aromatic N) is 2. The molecule has 2 aliphatic rings. The highest BCUT2D eigenvalue weighted by atomic mass is 35.5. The van der Waals surface area contributed by atoms with Gasteiger partial charge in [-0.15, -0.1) is 0 Å². The van der Waals surface area contributed by atoms with Gasteiger partial charge in [0.15, 0.2) is 5.96 Å². The summed E-state index contributed by atoms with van der Waals surface area (Å²) in [5.41, 5.74) is 6.86. The number of carbonyl (C=O) groups excluding carboxylic acids is 1. The molecule has 8 heteroatoms. The first-order chi connectivity index (χ1) is 12.9. The van der Waals surface area contributed by atoms with Crippen molar-refractivity contribution in [1.82, 2.24) is 10.2 Å². The number of hydrogen-bond acceptors (Lipinski definition) is 3. The van der Waals surface area contributed by atoms with E-state index < -0.39 is 0 Å². The van der Waals surface area contributed by atoms with Crippen molar-refractivity contribution in [2.45, 2.75) is 44.1 Å². The average molecular weight is 397 g/mol. The lowest BCUT2D eigenvalue weighted by Gasteiger charge is -2.31. The average Bonchev–Trinajstić information content (AvgIpc) is 3.42. The summed E-state index contributed by atoms with van der Waals surface area (Å²) in [6.07, 6.45) is 3.26. The van der Waals surface area contributed by atoms with E-state index in [9.17, 15) is 9.18 Å². The summed E-state index contributed by atoms with van der Waals surface area (Å²) in [6, 6.07) is 4.71. The van der Waals surface area contributed by atoms with Gasteiger partial charge in [0, 0.05) is 29.6 Å². The van der Waals surface area contributed by atoms with Crippen molar-refractivity contribution in [3.8, 4) is 0 Å². The van der Waals surface area contributed by atoms with Crippen LogP contribution >= 0.6 is 11.6 Å². The van der Waals surface area contributed by atoms with E-state index in [-0.39, 0.29) is 23.4 Å². The SMILES string of the molecule is CCOC(=O)N1CCC(NC(N)=NCC2(c3ccc(F)cc3Cl)CC2)CC1. The van der Waals surface area contributed by atoms with E-state index in [1.54, 1.807) is 17.9 Å². The van der Waals surface area contributed by atoms with Gasteiger partial charge in [0.05, 0.1) is 13.2 Å². The Morgan fingerprint density at radius 3 is 2.74 bits per heavy atom. The molecule has 2 fully saturated rings. The quantitative estimate of drug-likeness (QED) is 0.592. The molecule has 0 aromatic heterocycles. The third-order valence-electron chi connectivity index (χ3n) is 5.28. The number of nitrogens with one attached hydrogen (secondary N) is 1. The van der Waals surface area contributed by atoms with Gasteiger partial charge in [-0.05, 0) is 50.3 Å².